The van der Waals surface area contributed by atoms with Crippen LogP contribution in [0.3, 0.4) is 0 Å². The fourth-order valence-electron chi connectivity index (χ4n) is 2.62. The van der Waals surface area contributed by atoms with Crippen molar-refractivity contribution in [3.8, 4) is 0 Å². The molecule has 0 aromatic carbocycles. The van der Waals surface area contributed by atoms with Crippen molar-refractivity contribution in [2.75, 3.05) is 39.3 Å². The first-order chi connectivity index (χ1) is 9.79. The molecular formula is C12H21Cl2F4N3O2. The number of rotatable bonds is 4. The number of β-amino-alcohol motifs (C(OH)–C–C–N with tert-alkyl or cyclic N) is 1. The maximum Gasteiger partial charge on any atom is 0.319 e. The Balaban J connectivity index is 0.00000242. The van der Waals surface area contributed by atoms with E-state index in [1.807, 2.05) is 0 Å². The van der Waals surface area contributed by atoms with Crippen LogP contribution in [0.2, 0.25) is 0 Å². The zero-order valence-electron chi connectivity index (χ0n) is 12.3. The van der Waals surface area contributed by atoms with Crippen molar-refractivity contribution in [3.63, 3.8) is 0 Å². The summed E-state index contributed by atoms with van der Waals surface area (Å²) in [6, 6.07) is -0.450. The van der Waals surface area contributed by atoms with E-state index >= 15 is 0 Å². The Bertz CT molecular complexity index is 385. The van der Waals surface area contributed by atoms with Gasteiger partial charge in [0.05, 0.1) is 18.7 Å². The highest BCUT2D eigenvalue weighted by Gasteiger charge is 2.43. The largest absolute Gasteiger partial charge is 0.392 e. The van der Waals surface area contributed by atoms with Crippen LogP contribution < -0.4 is 5.32 Å². The van der Waals surface area contributed by atoms with Gasteiger partial charge in [0, 0.05) is 32.7 Å². The second-order valence-corrected chi connectivity index (χ2v) is 5.51. The summed E-state index contributed by atoms with van der Waals surface area (Å²) < 4.78 is 50.2. The zero-order valence-corrected chi connectivity index (χ0v) is 13.9. The smallest absolute Gasteiger partial charge is 0.319 e. The van der Waals surface area contributed by atoms with Gasteiger partial charge in [-0.2, -0.15) is 8.78 Å². The standard InChI is InChI=1S/C12H19F4N3O2.2ClH/c13-11(14)12(15,16)7-18-1-3-19(4-2-18)10(21)9-5-8(20)6-17-9;;/h8-9,11,17,20H,1-7H2;2*1H. The highest BCUT2D eigenvalue weighted by atomic mass is 35.5. The van der Waals surface area contributed by atoms with E-state index in [-0.39, 0.29) is 56.9 Å². The molecule has 2 saturated heterocycles. The number of hydrogen-bond acceptors (Lipinski definition) is 4. The minimum absolute atomic E-state index is 0. The van der Waals surface area contributed by atoms with Gasteiger partial charge in [-0.1, -0.05) is 0 Å². The lowest BCUT2D eigenvalue weighted by molar-refractivity contribution is -0.148. The van der Waals surface area contributed by atoms with Crippen molar-refractivity contribution in [1.82, 2.24) is 15.1 Å². The first-order valence-electron chi connectivity index (χ1n) is 6.88. The molecule has 0 aromatic rings. The van der Waals surface area contributed by atoms with Crippen LogP contribution in [-0.4, -0.2) is 84.6 Å². The van der Waals surface area contributed by atoms with Gasteiger partial charge in [0.15, 0.2) is 0 Å². The molecular weight excluding hydrogens is 365 g/mol. The topological polar surface area (TPSA) is 55.8 Å². The minimum Gasteiger partial charge on any atom is -0.392 e. The van der Waals surface area contributed by atoms with Crippen LogP contribution >= 0.6 is 24.8 Å². The summed E-state index contributed by atoms with van der Waals surface area (Å²) in [5, 5.41) is 12.3. The van der Waals surface area contributed by atoms with Gasteiger partial charge in [0.2, 0.25) is 5.91 Å². The molecule has 2 N–H and O–H groups in total. The third kappa shape index (κ3) is 5.90. The van der Waals surface area contributed by atoms with Gasteiger partial charge >= 0.3 is 12.3 Å². The van der Waals surface area contributed by atoms with Crippen LogP contribution in [0, 0.1) is 0 Å². The number of hydrogen-bond donors (Lipinski definition) is 2. The van der Waals surface area contributed by atoms with Gasteiger partial charge in [-0.25, -0.2) is 8.78 Å². The van der Waals surface area contributed by atoms with Crippen LogP contribution in [0.1, 0.15) is 6.42 Å². The molecule has 0 bridgehead atoms. The third-order valence-corrected chi connectivity index (χ3v) is 3.84. The Morgan fingerprint density at radius 1 is 1.22 bits per heavy atom. The maximum atomic E-state index is 13.0. The predicted octanol–water partition coefficient (Wildman–Crippen LogP) is 0.597. The van der Waals surface area contributed by atoms with Crippen LogP contribution in [-0.2, 0) is 4.79 Å². The molecule has 0 aliphatic carbocycles. The van der Waals surface area contributed by atoms with Crippen molar-refractivity contribution in [2.24, 2.45) is 0 Å². The first kappa shape index (κ1) is 22.6. The van der Waals surface area contributed by atoms with Crippen molar-refractivity contribution in [1.29, 1.82) is 0 Å². The molecule has 23 heavy (non-hydrogen) atoms. The van der Waals surface area contributed by atoms with Gasteiger partial charge < -0.3 is 15.3 Å². The Morgan fingerprint density at radius 2 is 1.78 bits per heavy atom. The normalized spacial score (nSPS) is 25.9. The van der Waals surface area contributed by atoms with E-state index in [0.29, 0.717) is 13.0 Å². The number of carbonyl (C=O) groups is 1. The molecule has 2 atom stereocenters. The summed E-state index contributed by atoms with van der Waals surface area (Å²) in [5.41, 5.74) is 0. The van der Waals surface area contributed by atoms with Crippen LogP contribution in [0.4, 0.5) is 17.6 Å². The third-order valence-electron chi connectivity index (χ3n) is 3.84. The van der Waals surface area contributed by atoms with Gasteiger partial charge in [0.1, 0.15) is 0 Å². The molecule has 0 radical (unpaired) electrons. The number of aliphatic hydroxyl groups excluding tert-OH is 1. The summed E-state index contributed by atoms with van der Waals surface area (Å²) in [7, 11) is 0. The monoisotopic (exact) mass is 385 g/mol. The number of aliphatic hydroxyl groups is 1. The minimum atomic E-state index is -4.02. The lowest BCUT2D eigenvalue weighted by atomic mass is 10.1. The molecule has 2 fully saturated rings. The fourth-order valence-corrected chi connectivity index (χ4v) is 2.62. The summed E-state index contributed by atoms with van der Waals surface area (Å²) in [6.45, 7) is 0.107. The van der Waals surface area contributed by atoms with E-state index in [0.717, 1.165) is 0 Å². The van der Waals surface area contributed by atoms with Crippen LogP contribution in [0.15, 0.2) is 0 Å². The highest BCUT2D eigenvalue weighted by molar-refractivity contribution is 5.85. The summed E-state index contributed by atoms with van der Waals surface area (Å²) >= 11 is 0. The summed E-state index contributed by atoms with van der Waals surface area (Å²) in [5.74, 6) is -4.20. The average Bonchev–Trinajstić information content (AvgIpc) is 2.85. The second-order valence-electron chi connectivity index (χ2n) is 5.51. The fraction of sp³-hybridized carbons (Fsp3) is 0.917. The summed E-state index contributed by atoms with van der Waals surface area (Å²) in [4.78, 5) is 14.9. The van der Waals surface area contributed by atoms with E-state index in [4.69, 9.17) is 0 Å². The SMILES string of the molecule is Cl.Cl.O=C(C1CC(O)CN1)N1CCN(CC(F)(F)C(F)F)CC1. The van der Waals surface area contributed by atoms with Gasteiger partial charge in [-0.3, -0.25) is 9.69 Å². The van der Waals surface area contributed by atoms with E-state index in [1.54, 1.807) is 0 Å². The molecule has 2 aliphatic rings. The van der Waals surface area contributed by atoms with Crippen molar-refractivity contribution < 1.29 is 27.5 Å². The molecule has 0 spiro atoms. The molecule has 2 heterocycles. The zero-order chi connectivity index (χ0) is 15.6. The quantitative estimate of drug-likeness (QED) is 0.695. The second kappa shape index (κ2) is 9.22. The van der Waals surface area contributed by atoms with Crippen molar-refractivity contribution in [2.45, 2.75) is 30.9 Å². The average molecular weight is 386 g/mol. The number of nitrogens with zero attached hydrogens (tertiary/aromatic N) is 2. The lowest BCUT2D eigenvalue weighted by Gasteiger charge is -2.37. The predicted molar refractivity (Wildman–Crippen MR) is 80.9 cm³/mol. The van der Waals surface area contributed by atoms with Gasteiger partial charge in [-0.05, 0) is 6.42 Å². The van der Waals surface area contributed by atoms with E-state index in [2.05, 4.69) is 5.32 Å². The Hall–Kier alpha value is -0.350. The van der Waals surface area contributed by atoms with Crippen molar-refractivity contribution >= 4 is 30.7 Å². The number of halogens is 6. The number of alkyl halides is 4. The van der Waals surface area contributed by atoms with Gasteiger partial charge in [0.25, 0.3) is 0 Å². The molecule has 0 saturated carbocycles. The number of nitrogens with one attached hydrogen (secondary N) is 1. The van der Waals surface area contributed by atoms with Gasteiger partial charge in [-0.15, -0.1) is 24.8 Å². The molecule has 0 aromatic heterocycles. The molecule has 11 heteroatoms. The first-order valence-corrected chi connectivity index (χ1v) is 6.88. The Morgan fingerprint density at radius 3 is 2.22 bits per heavy atom. The van der Waals surface area contributed by atoms with Crippen molar-refractivity contribution in [3.05, 3.63) is 0 Å². The molecule has 2 rings (SSSR count). The molecule has 2 aliphatic heterocycles. The Labute approximate surface area is 144 Å². The molecule has 5 nitrogen and oxygen atoms in total. The van der Waals surface area contributed by atoms with E-state index in [1.165, 1.54) is 9.80 Å². The number of piperazine rings is 1. The molecule has 138 valence electrons. The van der Waals surface area contributed by atoms with E-state index in [9.17, 15) is 27.5 Å². The summed E-state index contributed by atoms with van der Waals surface area (Å²) in [6.07, 6.45) is -3.89. The molecule has 2 unspecified atom stereocenters. The van der Waals surface area contributed by atoms with E-state index < -0.39 is 31.0 Å². The lowest BCUT2D eigenvalue weighted by Crippen LogP contribution is -2.55. The van der Waals surface area contributed by atoms with Crippen LogP contribution in [0.25, 0.3) is 0 Å². The highest BCUT2D eigenvalue weighted by Crippen LogP contribution is 2.24. The maximum absolute atomic E-state index is 13.0. The molecule has 1 amide bonds. The Kier molecular flexibility index (Phi) is 9.08. The van der Waals surface area contributed by atoms with Crippen LogP contribution in [0.5, 0.6) is 0 Å². The number of carbonyl (C=O) groups excluding carboxylic acids is 1. The number of amides is 1.